The third kappa shape index (κ3) is 6.31. The van der Waals surface area contributed by atoms with Gasteiger partial charge in [0.15, 0.2) is 0 Å². The van der Waals surface area contributed by atoms with Crippen molar-refractivity contribution >= 4 is 11.9 Å². The highest BCUT2D eigenvalue weighted by molar-refractivity contribution is 5.78. The van der Waals surface area contributed by atoms with Gasteiger partial charge in [-0.15, -0.1) is 0 Å². The number of aliphatic carboxylic acids is 1. The van der Waals surface area contributed by atoms with Crippen LogP contribution in [0, 0.1) is 5.92 Å². The number of hydrogen-bond acceptors (Lipinski definition) is 3. The average Bonchev–Trinajstić information content (AvgIpc) is 2.39. The average molecular weight is 278 g/mol. The summed E-state index contributed by atoms with van der Waals surface area (Å²) in [5, 5.41) is 11.7. The zero-order chi connectivity index (χ0) is 15.0. The summed E-state index contributed by atoms with van der Waals surface area (Å²) in [4.78, 5) is 26.6. The number of amides is 1. The highest BCUT2D eigenvalue weighted by Crippen LogP contribution is 2.09. The van der Waals surface area contributed by atoms with Gasteiger partial charge < -0.3 is 10.4 Å². The van der Waals surface area contributed by atoms with Crippen molar-refractivity contribution in [3.05, 3.63) is 30.1 Å². The van der Waals surface area contributed by atoms with E-state index in [-0.39, 0.29) is 24.3 Å². The fourth-order valence-electron chi connectivity index (χ4n) is 1.92. The standard InChI is InChI=1S/C15H22N2O3/c1-11(15(19)20)6-5-7-12(2)17-14(18)10-13-8-3-4-9-16-13/h3-4,8-9,11-12H,5-7,10H2,1-2H3,(H,17,18)(H,19,20). The number of carbonyl (C=O) groups is 2. The molecule has 0 aliphatic carbocycles. The quantitative estimate of drug-likeness (QED) is 0.762. The Kier molecular flexibility index (Phi) is 6.70. The highest BCUT2D eigenvalue weighted by Gasteiger charge is 2.12. The van der Waals surface area contributed by atoms with E-state index in [1.807, 2.05) is 25.1 Å². The summed E-state index contributed by atoms with van der Waals surface area (Å²) in [5.41, 5.74) is 0.747. The number of carboxylic acid groups (broad SMARTS) is 1. The fourth-order valence-corrected chi connectivity index (χ4v) is 1.92. The summed E-state index contributed by atoms with van der Waals surface area (Å²) >= 11 is 0. The van der Waals surface area contributed by atoms with Crippen LogP contribution >= 0.6 is 0 Å². The van der Waals surface area contributed by atoms with Crippen LogP contribution < -0.4 is 5.32 Å². The minimum Gasteiger partial charge on any atom is -0.481 e. The minimum absolute atomic E-state index is 0.0483. The highest BCUT2D eigenvalue weighted by atomic mass is 16.4. The summed E-state index contributed by atoms with van der Waals surface area (Å²) in [7, 11) is 0. The number of aromatic nitrogens is 1. The lowest BCUT2D eigenvalue weighted by atomic mass is 10.0. The molecule has 1 heterocycles. The number of hydrogen-bond donors (Lipinski definition) is 2. The van der Waals surface area contributed by atoms with Gasteiger partial charge in [0.1, 0.15) is 0 Å². The van der Waals surface area contributed by atoms with E-state index in [0.717, 1.165) is 18.5 Å². The van der Waals surface area contributed by atoms with Crippen molar-refractivity contribution in [2.45, 2.75) is 45.6 Å². The van der Waals surface area contributed by atoms with Crippen LogP contribution in [0.4, 0.5) is 0 Å². The third-order valence-corrected chi connectivity index (χ3v) is 3.17. The SMILES string of the molecule is CC(CCCC(C)C(=O)O)NC(=O)Cc1ccccn1. The van der Waals surface area contributed by atoms with E-state index in [1.54, 1.807) is 13.1 Å². The first kappa shape index (κ1) is 16.1. The monoisotopic (exact) mass is 278 g/mol. The zero-order valence-corrected chi connectivity index (χ0v) is 12.0. The molecule has 5 nitrogen and oxygen atoms in total. The summed E-state index contributed by atoms with van der Waals surface area (Å²) < 4.78 is 0. The molecule has 2 unspecified atom stereocenters. The molecule has 1 aromatic heterocycles. The maximum atomic E-state index is 11.8. The molecule has 20 heavy (non-hydrogen) atoms. The van der Waals surface area contributed by atoms with Crippen LogP contribution in [0.5, 0.6) is 0 Å². The van der Waals surface area contributed by atoms with Crippen LogP contribution in [0.3, 0.4) is 0 Å². The Morgan fingerprint density at radius 3 is 2.65 bits per heavy atom. The lowest BCUT2D eigenvalue weighted by Crippen LogP contribution is -2.33. The number of carbonyl (C=O) groups excluding carboxylic acids is 1. The topological polar surface area (TPSA) is 79.3 Å². The van der Waals surface area contributed by atoms with Gasteiger partial charge >= 0.3 is 5.97 Å². The van der Waals surface area contributed by atoms with E-state index in [1.165, 1.54) is 0 Å². The van der Waals surface area contributed by atoms with Gasteiger partial charge in [0.05, 0.1) is 12.3 Å². The molecular weight excluding hydrogens is 256 g/mol. The third-order valence-electron chi connectivity index (χ3n) is 3.17. The van der Waals surface area contributed by atoms with Crippen LogP contribution in [0.15, 0.2) is 24.4 Å². The lowest BCUT2D eigenvalue weighted by Gasteiger charge is -2.14. The Morgan fingerprint density at radius 1 is 1.30 bits per heavy atom. The number of carboxylic acids is 1. The van der Waals surface area contributed by atoms with Crippen molar-refractivity contribution in [3.63, 3.8) is 0 Å². The Balaban J connectivity index is 2.23. The molecule has 0 aliphatic rings. The Bertz CT molecular complexity index is 434. The molecule has 0 radical (unpaired) electrons. The van der Waals surface area contributed by atoms with Gasteiger partial charge in [-0.2, -0.15) is 0 Å². The molecule has 0 saturated heterocycles. The van der Waals surface area contributed by atoms with Crippen molar-refractivity contribution in [1.82, 2.24) is 10.3 Å². The summed E-state index contributed by atoms with van der Waals surface area (Å²) in [6, 6.07) is 5.53. The van der Waals surface area contributed by atoms with Crippen LogP contribution in [0.25, 0.3) is 0 Å². The first-order valence-corrected chi connectivity index (χ1v) is 6.91. The van der Waals surface area contributed by atoms with Crippen molar-refractivity contribution in [2.24, 2.45) is 5.92 Å². The van der Waals surface area contributed by atoms with E-state index in [9.17, 15) is 9.59 Å². The first-order chi connectivity index (χ1) is 9.49. The van der Waals surface area contributed by atoms with E-state index < -0.39 is 5.97 Å². The van der Waals surface area contributed by atoms with Gasteiger partial charge in [0.2, 0.25) is 5.91 Å². The molecule has 0 aromatic carbocycles. The molecular formula is C15H22N2O3. The lowest BCUT2D eigenvalue weighted by molar-refractivity contribution is -0.141. The van der Waals surface area contributed by atoms with Crippen LogP contribution in [-0.4, -0.2) is 28.0 Å². The smallest absolute Gasteiger partial charge is 0.306 e. The van der Waals surface area contributed by atoms with Gasteiger partial charge in [-0.25, -0.2) is 0 Å². The van der Waals surface area contributed by atoms with Gasteiger partial charge in [0, 0.05) is 17.9 Å². The van der Waals surface area contributed by atoms with Crippen molar-refractivity contribution < 1.29 is 14.7 Å². The molecule has 2 atom stereocenters. The van der Waals surface area contributed by atoms with Crippen LogP contribution in [0.1, 0.15) is 38.8 Å². The summed E-state index contributed by atoms with van der Waals surface area (Å²) in [6.45, 7) is 3.63. The van der Waals surface area contributed by atoms with Gasteiger partial charge in [-0.05, 0) is 31.9 Å². The normalized spacial score (nSPS) is 13.5. The number of rotatable bonds is 8. The predicted octanol–water partition coefficient (Wildman–Crippen LogP) is 2.02. The molecule has 0 fully saturated rings. The van der Waals surface area contributed by atoms with Gasteiger partial charge in [-0.3, -0.25) is 14.6 Å². The molecule has 0 bridgehead atoms. The molecule has 110 valence electrons. The summed E-state index contributed by atoms with van der Waals surface area (Å²) in [6.07, 6.45) is 4.15. The molecule has 0 saturated carbocycles. The maximum Gasteiger partial charge on any atom is 0.306 e. The Hall–Kier alpha value is -1.91. The van der Waals surface area contributed by atoms with Crippen molar-refractivity contribution in [3.8, 4) is 0 Å². The van der Waals surface area contributed by atoms with Gasteiger partial charge in [0.25, 0.3) is 0 Å². The second-order valence-electron chi connectivity index (χ2n) is 5.14. The van der Waals surface area contributed by atoms with Crippen LogP contribution in [0.2, 0.25) is 0 Å². The van der Waals surface area contributed by atoms with Crippen LogP contribution in [-0.2, 0) is 16.0 Å². The zero-order valence-electron chi connectivity index (χ0n) is 12.0. The van der Waals surface area contributed by atoms with E-state index >= 15 is 0 Å². The second kappa shape index (κ2) is 8.30. The summed E-state index contributed by atoms with van der Waals surface area (Å²) in [5.74, 6) is -1.15. The van der Waals surface area contributed by atoms with E-state index in [0.29, 0.717) is 6.42 Å². The minimum atomic E-state index is -0.767. The molecule has 1 rings (SSSR count). The second-order valence-corrected chi connectivity index (χ2v) is 5.14. The molecule has 1 aromatic rings. The van der Waals surface area contributed by atoms with E-state index in [4.69, 9.17) is 5.11 Å². The Morgan fingerprint density at radius 2 is 2.05 bits per heavy atom. The predicted molar refractivity (Wildman–Crippen MR) is 76.2 cm³/mol. The van der Waals surface area contributed by atoms with Gasteiger partial charge in [-0.1, -0.05) is 19.4 Å². The molecule has 0 spiro atoms. The molecule has 0 aliphatic heterocycles. The van der Waals surface area contributed by atoms with E-state index in [2.05, 4.69) is 10.3 Å². The largest absolute Gasteiger partial charge is 0.481 e. The molecule has 1 amide bonds. The molecule has 5 heteroatoms. The molecule has 2 N–H and O–H groups in total. The van der Waals surface area contributed by atoms with Crippen molar-refractivity contribution in [2.75, 3.05) is 0 Å². The maximum absolute atomic E-state index is 11.8. The first-order valence-electron chi connectivity index (χ1n) is 6.91. The number of nitrogens with zero attached hydrogens (tertiary/aromatic N) is 1. The van der Waals surface area contributed by atoms with Crippen molar-refractivity contribution in [1.29, 1.82) is 0 Å². The number of pyridine rings is 1. The number of nitrogens with one attached hydrogen (secondary N) is 1. The fraction of sp³-hybridized carbons (Fsp3) is 0.533. The Labute approximate surface area is 119 Å².